The molecule has 0 spiro atoms. The summed E-state index contributed by atoms with van der Waals surface area (Å²) in [6.45, 7) is 4.49. The average molecular weight is 247 g/mol. The molecule has 0 radical (unpaired) electrons. The largest absolute Gasteiger partial charge is 0.496 e. The summed E-state index contributed by atoms with van der Waals surface area (Å²) in [7, 11) is 1.67. The van der Waals surface area contributed by atoms with Crippen LogP contribution in [0, 0.1) is 13.8 Å². The first-order valence-electron chi connectivity index (χ1n) is 5.84. The fraction of sp³-hybridized carbons (Fsp3) is 0.385. The molecule has 0 fully saturated rings. The van der Waals surface area contributed by atoms with Gasteiger partial charge in [-0.15, -0.1) is 0 Å². The van der Waals surface area contributed by atoms with Crippen LogP contribution in [0.1, 0.15) is 17.0 Å². The Labute approximate surface area is 106 Å². The van der Waals surface area contributed by atoms with E-state index in [2.05, 4.69) is 10.1 Å². The van der Waals surface area contributed by atoms with E-state index in [9.17, 15) is 0 Å². The summed E-state index contributed by atoms with van der Waals surface area (Å²) in [5, 5.41) is 3.96. The quantitative estimate of drug-likeness (QED) is 0.892. The number of aryl methyl sites for hydroxylation is 2. The molecule has 0 atom stereocenters. The molecular weight excluding hydrogens is 230 g/mol. The van der Waals surface area contributed by atoms with E-state index in [4.69, 9.17) is 15.0 Å². The van der Waals surface area contributed by atoms with Crippen LogP contribution in [0.5, 0.6) is 5.75 Å². The molecule has 5 nitrogen and oxygen atoms in total. The molecule has 96 valence electrons. The van der Waals surface area contributed by atoms with E-state index in [1.54, 1.807) is 7.11 Å². The summed E-state index contributed by atoms with van der Waals surface area (Å²) >= 11 is 0. The highest BCUT2D eigenvalue weighted by atomic mass is 16.5. The molecule has 1 aromatic carbocycles. The molecular formula is C13H17N3O2. The zero-order valence-electron chi connectivity index (χ0n) is 10.9. The monoisotopic (exact) mass is 247 g/mol. The molecule has 1 heterocycles. The third-order valence-electron chi connectivity index (χ3n) is 2.75. The second kappa shape index (κ2) is 5.18. The zero-order chi connectivity index (χ0) is 13.1. The van der Waals surface area contributed by atoms with Gasteiger partial charge in [-0.1, -0.05) is 5.16 Å². The second-order valence-corrected chi connectivity index (χ2v) is 4.19. The smallest absolute Gasteiger partial charge is 0.228 e. The zero-order valence-corrected chi connectivity index (χ0v) is 10.9. The van der Waals surface area contributed by atoms with Gasteiger partial charge in [0.15, 0.2) is 0 Å². The Bertz CT molecular complexity index is 526. The van der Waals surface area contributed by atoms with Crippen molar-refractivity contribution in [2.24, 2.45) is 5.73 Å². The Morgan fingerprint density at radius 1 is 1.28 bits per heavy atom. The molecule has 18 heavy (non-hydrogen) atoms. The van der Waals surface area contributed by atoms with Gasteiger partial charge in [0.05, 0.1) is 7.11 Å². The van der Waals surface area contributed by atoms with Crippen LogP contribution in [-0.2, 0) is 6.42 Å². The number of aromatic nitrogens is 2. The van der Waals surface area contributed by atoms with Crippen molar-refractivity contribution < 1.29 is 9.26 Å². The van der Waals surface area contributed by atoms with Crippen molar-refractivity contribution in [1.29, 1.82) is 0 Å². The molecule has 0 aliphatic rings. The van der Waals surface area contributed by atoms with Gasteiger partial charge in [0.1, 0.15) is 5.75 Å². The fourth-order valence-corrected chi connectivity index (χ4v) is 2.00. The van der Waals surface area contributed by atoms with Crippen LogP contribution in [0.3, 0.4) is 0 Å². The van der Waals surface area contributed by atoms with E-state index < -0.39 is 0 Å². The molecule has 5 heteroatoms. The van der Waals surface area contributed by atoms with Gasteiger partial charge in [0.2, 0.25) is 11.7 Å². The molecule has 0 aliphatic carbocycles. The number of hydrogen-bond acceptors (Lipinski definition) is 5. The minimum atomic E-state index is 0.502. The standard InChI is InChI=1S/C13H17N3O2/c1-8-6-10(7-9(2)12(8)17-3)13-15-11(4-5-14)18-16-13/h6-7H,4-5,14H2,1-3H3. The first-order valence-corrected chi connectivity index (χ1v) is 5.84. The minimum absolute atomic E-state index is 0.502. The Morgan fingerprint density at radius 3 is 2.50 bits per heavy atom. The van der Waals surface area contributed by atoms with Crippen molar-refractivity contribution in [2.75, 3.05) is 13.7 Å². The van der Waals surface area contributed by atoms with Gasteiger partial charge in [-0.25, -0.2) is 0 Å². The third kappa shape index (κ3) is 2.36. The highest BCUT2D eigenvalue weighted by Crippen LogP contribution is 2.28. The molecule has 1 aromatic heterocycles. The van der Waals surface area contributed by atoms with E-state index in [1.807, 2.05) is 26.0 Å². The van der Waals surface area contributed by atoms with Crippen molar-refractivity contribution >= 4 is 0 Å². The van der Waals surface area contributed by atoms with E-state index in [0.717, 1.165) is 22.4 Å². The summed E-state index contributed by atoms with van der Waals surface area (Å²) in [6.07, 6.45) is 0.598. The molecule has 2 aromatic rings. The first-order chi connectivity index (χ1) is 8.65. The van der Waals surface area contributed by atoms with E-state index in [-0.39, 0.29) is 0 Å². The van der Waals surface area contributed by atoms with Crippen LogP contribution in [0.15, 0.2) is 16.7 Å². The minimum Gasteiger partial charge on any atom is -0.496 e. The maximum absolute atomic E-state index is 5.45. The molecule has 0 amide bonds. The number of benzene rings is 1. The molecule has 0 aliphatic heterocycles. The van der Waals surface area contributed by atoms with Crippen LogP contribution in [0.4, 0.5) is 0 Å². The topological polar surface area (TPSA) is 74.2 Å². The summed E-state index contributed by atoms with van der Waals surface area (Å²) in [5.41, 5.74) is 8.49. The lowest BCUT2D eigenvalue weighted by molar-refractivity contribution is 0.380. The third-order valence-corrected chi connectivity index (χ3v) is 2.75. The predicted molar refractivity (Wildman–Crippen MR) is 68.5 cm³/mol. The molecule has 2 rings (SSSR count). The molecule has 0 unspecified atom stereocenters. The van der Waals surface area contributed by atoms with E-state index >= 15 is 0 Å². The van der Waals surface area contributed by atoms with Crippen LogP contribution in [0.2, 0.25) is 0 Å². The lowest BCUT2D eigenvalue weighted by Gasteiger charge is -2.09. The Kier molecular flexibility index (Phi) is 3.62. The van der Waals surface area contributed by atoms with Gasteiger partial charge in [-0.2, -0.15) is 4.98 Å². The van der Waals surface area contributed by atoms with Gasteiger partial charge in [-0.3, -0.25) is 0 Å². The highest BCUT2D eigenvalue weighted by molar-refractivity contribution is 5.60. The fourth-order valence-electron chi connectivity index (χ4n) is 2.00. The van der Waals surface area contributed by atoms with Gasteiger partial charge in [-0.05, 0) is 37.1 Å². The predicted octanol–water partition coefficient (Wildman–Crippen LogP) is 1.86. The average Bonchev–Trinajstić information content (AvgIpc) is 2.78. The summed E-state index contributed by atoms with van der Waals surface area (Å²) in [5.74, 6) is 2.05. The Balaban J connectivity index is 2.38. The first kappa shape index (κ1) is 12.6. The van der Waals surface area contributed by atoms with Gasteiger partial charge in [0, 0.05) is 18.5 Å². The summed E-state index contributed by atoms with van der Waals surface area (Å²) in [6, 6.07) is 3.98. The number of ether oxygens (including phenoxy) is 1. The SMILES string of the molecule is COc1c(C)cc(-c2noc(CCN)n2)cc1C. The van der Waals surface area contributed by atoms with Gasteiger partial charge in [0.25, 0.3) is 0 Å². The maximum Gasteiger partial charge on any atom is 0.228 e. The lowest BCUT2D eigenvalue weighted by atomic mass is 10.1. The second-order valence-electron chi connectivity index (χ2n) is 4.19. The van der Waals surface area contributed by atoms with Crippen molar-refractivity contribution in [2.45, 2.75) is 20.3 Å². The number of nitrogens with zero attached hydrogens (tertiary/aromatic N) is 2. The maximum atomic E-state index is 5.45. The van der Waals surface area contributed by atoms with E-state index in [1.165, 1.54) is 0 Å². The summed E-state index contributed by atoms with van der Waals surface area (Å²) in [4.78, 5) is 4.31. The number of rotatable bonds is 4. The normalized spacial score (nSPS) is 10.7. The van der Waals surface area contributed by atoms with Crippen molar-refractivity contribution in [1.82, 2.24) is 10.1 Å². The van der Waals surface area contributed by atoms with Crippen molar-refractivity contribution in [3.05, 3.63) is 29.2 Å². The Morgan fingerprint density at radius 2 is 1.94 bits per heavy atom. The lowest BCUT2D eigenvalue weighted by Crippen LogP contribution is -2.02. The van der Waals surface area contributed by atoms with Crippen molar-refractivity contribution in [3.8, 4) is 17.1 Å². The number of hydrogen-bond donors (Lipinski definition) is 1. The van der Waals surface area contributed by atoms with Gasteiger partial charge >= 0.3 is 0 Å². The van der Waals surface area contributed by atoms with Crippen LogP contribution in [0.25, 0.3) is 11.4 Å². The molecule has 2 N–H and O–H groups in total. The van der Waals surface area contributed by atoms with E-state index in [0.29, 0.717) is 24.7 Å². The number of methoxy groups -OCH3 is 1. The molecule has 0 saturated carbocycles. The number of nitrogens with two attached hydrogens (primary N) is 1. The highest BCUT2D eigenvalue weighted by Gasteiger charge is 2.11. The van der Waals surface area contributed by atoms with Crippen LogP contribution < -0.4 is 10.5 Å². The van der Waals surface area contributed by atoms with Crippen LogP contribution in [-0.4, -0.2) is 23.8 Å². The molecule has 0 saturated heterocycles. The molecule has 0 bridgehead atoms. The van der Waals surface area contributed by atoms with Crippen molar-refractivity contribution in [3.63, 3.8) is 0 Å². The van der Waals surface area contributed by atoms with Crippen LogP contribution >= 0.6 is 0 Å². The van der Waals surface area contributed by atoms with Gasteiger partial charge < -0.3 is 15.0 Å². The summed E-state index contributed by atoms with van der Waals surface area (Å²) < 4.78 is 10.5. The Hall–Kier alpha value is -1.88.